The van der Waals surface area contributed by atoms with E-state index < -0.39 is 13.9 Å². The van der Waals surface area contributed by atoms with Crippen LogP contribution in [0.5, 0.6) is 0 Å². The van der Waals surface area contributed by atoms with Gasteiger partial charge in [0.15, 0.2) is 15.4 Å². The number of piperidine rings is 3. The highest BCUT2D eigenvalue weighted by Gasteiger charge is 2.29. The first-order valence-corrected chi connectivity index (χ1v) is 46.9. The summed E-state index contributed by atoms with van der Waals surface area (Å²) in [7, 11) is -0.446. The number of nitrogens with zero attached hydrogens (tertiary/aromatic N) is 16. The second-order valence-electron chi connectivity index (χ2n) is 31.4. The summed E-state index contributed by atoms with van der Waals surface area (Å²) in [4.78, 5) is 40.8. The fraction of sp³-hybridized carbons (Fsp3) is 0.216. The number of benzene rings is 9. The van der Waals surface area contributed by atoms with Gasteiger partial charge < -0.3 is 54.1 Å². The molecule has 26 heteroatoms. The molecule has 8 aromatic heterocycles. The molecule has 12 heterocycles. The molecule has 128 heavy (non-hydrogen) atoms. The molecule has 0 radical (unpaired) electrons. The Bertz CT molecular complexity index is 6430. The summed E-state index contributed by atoms with van der Waals surface area (Å²) < 4.78 is 12.1. The highest BCUT2D eigenvalue weighted by molar-refractivity contribution is 7.79. The molecule has 17 aromatic rings. The zero-order valence-electron chi connectivity index (χ0n) is 70.6. The van der Waals surface area contributed by atoms with Crippen molar-refractivity contribution in [2.45, 2.75) is 89.2 Å². The normalized spacial score (nSPS) is 14.0. The van der Waals surface area contributed by atoms with Crippen LogP contribution in [0.1, 0.15) is 113 Å². The number of pyridine rings is 1. The van der Waals surface area contributed by atoms with E-state index in [-0.39, 0.29) is 12.2 Å². The third kappa shape index (κ3) is 20.9. The fourth-order valence-electron chi connectivity index (χ4n) is 17.1. The average Bonchev–Trinajstić information content (AvgIpc) is 1.62. The van der Waals surface area contributed by atoms with Crippen molar-refractivity contribution in [1.82, 2.24) is 38.6 Å². The molecule has 4 aliphatic rings. The number of H-pyrrole nitrogens is 1. The number of carbonyl (C=O) groups is 1. The summed E-state index contributed by atoms with van der Waals surface area (Å²) in [5.41, 5.74) is 30.7. The average molecular weight is 1760 g/mol. The van der Waals surface area contributed by atoms with Crippen molar-refractivity contribution >= 4 is 123 Å². The van der Waals surface area contributed by atoms with Gasteiger partial charge in [0.05, 0.1) is 53.6 Å². The van der Waals surface area contributed by atoms with E-state index in [9.17, 15) is 25.7 Å². The van der Waals surface area contributed by atoms with Crippen LogP contribution in [0.3, 0.4) is 0 Å². The topological polar surface area (TPSA) is 305 Å². The molecule has 0 saturated carbocycles. The predicted molar refractivity (Wildman–Crippen MR) is 519 cm³/mol. The van der Waals surface area contributed by atoms with Crippen molar-refractivity contribution in [3.05, 3.63) is 346 Å². The Hall–Kier alpha value is -13.9. The smallest absolute Gasteiger partial charge is 0.337 e. The van der Waals surface area contributed by atoms with Crippen molar-refractivity contribution in [1.29, 1.82) is 15.8 Å². The number of hydrogen-bond acceptors (Lipinski definition) is 18. The van der Waals surface area contributed by atoms with Crippen molar-refractivity contribution in [3.63, 3.8) is 0 Å². The van der Waals surface area contributed by atoms with E-state index >= 15 is 0 Å². The van der Waals surface area contributed by atoms with Crippen LogP contribution >= 0.6 is 41.9 Å². The Balaban J connectivity index is 0.000000119. The largest absolute Gasteiger partial charge is 0.478 e. The molecular weight excluding hydrogens is 1670 g/mol. The van der Waals surface area contributed by atoms with Gasteiger partial charge in [-0.2, -0.15) is 15.8 Å². The predicted octanol–water partition coefficient (Wildman–Crippen LogP) is 21.7. The lowest BCUT2D eigenvalue weighted by molar-refractivity contribution is 0.0699. The molecule has 640 valence electrons. The van der Waals surface area contributed by atoms with Gasteiger partial charge in [-0.15, -0.1) is 34.0 Å². The van der Waals surface area contributed by atoms with E-state index in [1.54, 1.807) is 52.3 Å². The third-order valence-corrected chi connectivity index (χ3v) is 28.5. The molecular formula is C102H95N18O4PS3. The SMILES string of the molecule is C1CCOC1.N#Cc1cccc(-c2cn(C3CCN(c4nccs4)CC3)c3cc(CN)ccc23)c1.N#Cc1cccc(-c2cn(C3CCN(c4nccs4)CC3)c3cc(CN=[N+]=[N-])ccc23)c1.N#Cc1cccc(-c2cn(C3CCN(c4nccs4)CC3)c3cc(CO)ccc23)c1.O=C(O)c1c[nH]c2ncccc12.c1ccc(P(c2ccccc2)c2ccccc2)cc1. The highest BCUT2D eigenvalue weighted by Crippen LogP contribution is 2.42. The number of azide groups is 1. The molecule has 0 spiro atoms. The summed E-state index contributed by atoms with van der Waals surface area (Å²) in [6.07, 6.45) is 24.2. The summed E-state index contributed by atoms with van der Waals surface area (Å²) >= 11 is 5.08. The van der Waals surface area contributed by atoms with E-state index in [0.717, 1.165) is 173 Å². The van der Waals surface area contributed by atoms with Gasteiger partial charge >= 0.3 is 5.97 Å². The van der Waals surface area contributed by atoms with Crippen LogP contribution in [0.15, 0.2) is 301 Å². The summed E-state index contributed by atoms with van der Waals surface area (Å²) in [6.45, 7) is 8.81. The number of carboxylic acid groups (broad SMARTS) is 1. The van der Waals surface area contributed by atoms with Crippen LogP contribution in [0.25, 0.3) is 87.6 Å². The number of aromatic nitrogens is 8. The van der Waals surface area contributed by atoms with Crippen LogP contribution < -0.4 is 36.3 Å². The Morgan fingerprint density at radius 1 is 0.484 bits per heavy atom. The molecule has 0 amide bonds. The number of hydrogen-bond donors (Lipinski definition) is 4. The quantitative estimate of drug-likeness (QED) is 0.0285. The third-order valence-electron chi connectivity index (χ3n) is 23.5. The van der Waals surface area contributed by atoms with Gasteiger partial charge in [-0.05, 0) is 181 Å². The molecule has 4 saturated heterocycles. The Kier molecular flexibility index (Phi) is 29.4. The van der Waals surface area contributed by atoms with Crippen LogP contribution in [-0.2, 0) is 24.4 Å². The monoisotopic (exact) mass is 1760 g/mol. The highest BCUT2D eigenvalue weighted by atomic mass is 32.1. The van der Waals surface area contributed by atoms with Crippen molar-refractivity contribution in [2.24, 2.45) is 10.8 Å². The fourth-order valence-corrected chi connectivity index (χ4v) is 21.5. The van der Waals surface area contributed by atoms with Crippen molar-refractivity contribution < 1.29 is 19.7 Å². The number of aromatic carboxylic acids is 1. The van der Waals surface area contributed by atoms with Gasteiger partial charge in [0.1, 0.15) is 5.65 Å². The molecule has 21 rings (SSSR count). The maximum Gasteiger partial charge on any atom is 0.337 e. The number of anilines is 3. The standard InChI is InChI=1S/C24H21N7S.C24H23N5S.C24H22N4OS.C18H15P.C8H6N2O2.C4H8O/c25-14-17-2-1-3-19(12-17)22-16-31(23-13-18(15-28-29-26)4-5-21(22)23)20-6-9-30(10-7-20)24-27-8-11-32-24;25-14-17-2-1-3-19(12-17)22-16-29(23-13-18(15-26)4-5-21(22)23)20-6-9-28(10-7-20)24-27-8-11-30-24;25-14-17-2-1-3-19(12-17)22-15-28(23-13-18(16-29)4-5-21(22)23)20-6-9-27(10-7-20)24-26-8-11-30-24;1-4-10-16(11-5-1)19(17-12-6-2-7-13-17)18-14-8-3-9-15-18;11-8(12)6-4-10-7-5(6)2-1-3-9-7;1-2-4-5-3-1/h1-5,8,11-13,16,20H,6-7,9-10,15H2;1-5,8,11-13,16,20H,6-7,9-10,15,26H2;1-5,8,11-13,15,20,29H,6-7,9-10,16H2;1-15H;1-4H,(H,9,10)(H,11,12);1-4H2. The first-order valence-electron chi connectivity index (χ1n) is 42.9. The number of aliphatic hydroxyl groups is 1. The number of fused-ring (bicyclic) bond motifs is 4. The van der Waals surface area contributed by atoms with E-state index in [2.05, 4.69) is 252 Å². The number of nitrogens with two attached hydrogens (primary N) is 1. The van der Waals surface area contributed by atoms with Gasteiger partial charge in [-0.3, -0.25) is 0 Å². The molecule has 5 N–H and O–H groups in total. The molecule has 9 aromatic carbocycles. The molecule has 0 bridgehead atoms. The van der Waals surface area contributed by atoms with Gasteiger partial charge in [-0.25, -0.2) is 24.7 Å². The number of thiazole rings is 3. The maximum atomic E-state index is 10.6. The summed E-state index contributed by atoms with van der Waals surface area (Å²) in [5, 5.41) is 67.9. The van der Waals surface area contributed by atoms with E-state index in [1.807, 2.05) is 101 Å². The maximum absolute atomic E-state index is 10.6. The number of nitrogens with one attached hydrogen (secondary N) is 1. The van der Waals surface area contributed by atoms with Crippen LogP contribution in [-0.4, -0.2) is 107 Å². The van der Waals surface area contributed by atoms with Crippen LogP contribution in [0, 0.1) is 34.0 Å². The molecule has 0 aliphatic carbocycles. The molecule has 0 unspecified atom stereocenters. The lowest BCUT2D eigenvalue weighted by atomic mass is 10.0. The number of rotatable bonds is 17. The van der Waals surface area contributed by atoms with E-state index in [4.69, 9.17) is 21.1 Å². The molecule has 4 fully saturated rings. The lowest BCUT2D eigenvalue weighted by Gasteiger charge is -2.33. The lowest BCUT2D eigenvalue weighted by Crippen LogP contribution is -2.34. The Morgan fingerprint density at radius 2 is 0.875 bits per heavy atom. The number of nitriles is 3. The molecule has 0 atom stereocenters. The van der Waals surface area contributed by atoms with Gasteiger partial charge in [-0.1, -0.05) is 169 Å². The van der Waals surface area contributed by atoms with Gasteiger partial charge in [0, 0.05) is 203 Å². The van der Waals surface area contributed by atoms with Gasteiger partial charge in [0.25, 0.3) is 0 Å². The van der Waals surface area contributed by atoms with Crippen molar-refractivity contribution in [2.75, 3.05) is 67.2 Å². The zero-order valence-corrected chi connectivity index (χ0v) is 73.9. The first-order chi connectivity index (χ1) is 63.0. The number of aromatic amines is 1. The van der Waals surface area contributed by atoms with E-state index in [0.29, 0.717) is 58.9 Å². The molecule has 4 aliphatic heterocycles. The zero-order chi connectivity index (χ0) is 87.9. The second-order valence-corrected chi connectivity index (χ2v) is 36.2. The summed E-state index contributed by atoms with van der Waals surface area (Å²) in [5.74, 6) is -0.936. The van der Waals surface area contributed by atoms with Crippen LogP contribution in [0.4, 0.5) is 15.4 Å². The minimum absolute atomic E-state index is 0.0306. The summed E-state index contributed by atoms with van der Waals surface area (Å²) in [6, 6.07) is 86.0. The Labute approximate surface area is 756 Å². The number of ether oxygens (including phenoxy) is 1. The number of aliphatic hydroxyl groups excluding tert-OH is 1. The number of carboxylic acids is 1. The minimum Gasteiger partial charge on any atom is -0.478 e. The minimum atomic E-state index is -0.936. The van der Waals surface area contributed by atoms with Crippen LogP contribution in [0.2, 0.25) is 0 Å². The van der Waals surface area contributed by atoms with Gasteiger partial charge in [0.2, 0.25) is 0 Å². The molecule has 22 nitrogen and oxygen atoms in total. The Morgan fingerprint density at radius 3 is 1.23 bits per heavy atom. The van der Waals surface area contributed by atoms with Crippen molar-refractivity contribution in [3.8, 4) is 51.6 Å². The first kappa shape index (κ1) is 87.6. The van der Waals surface area contributed by atoms with E-state index in [1.165, 1.54) is 51.4 Å². The second kappa shape index (κ2) is 42.9.